The van der Waals surface area contributed by atoms with E-state index < -0.39 is 0 Å². The van der Waals surface area contributed by atoms with E-state index in [2.05, 4.69) is 21.7 Å². The molecule has 4 nitrogen and oxygen atoms in total. The molecule has 0 aliphatic carbocycles. The number of ketones is 1. The number of H-pyrrole nitrogens is 1. The lowest BCUT2D eigenvalue weighted by molar-refractivity contribution is 0.0854. The number of nitrogens with one attached hydrogen (secondary N) is 1. The molecular weight excluding hydrogens is 262 g/mol. The third kappa shape index (κ3) is 3.17. The highest BCUT2D eigenvalue weighted by atomic mass is 16.1. The minimum Gasteiger partial charge on any atom is -0.360 e. The number of aromatic nitrogens is 1. The third-order valence-corrected chi connectivity index (χ3v) is 4.26. The van der Waals surface area contributed by atoms with Crippen molar-refractivity contribution in [2.75, 3.05) is 39.3 Å². The molecule has 3 rings (SSSR count). The molecule has 1 aromatic heterocycles. The SMILES string of the molecule is CCCN1CCN(CC(=O)c2c[nH]c3ccccc23)CC1. The highest BCUT2D eigenvalue weighted by molar-refractivity contribution is 6.08. The molecule has 1 aliphatic heterocycles. The summed E-state index contributed by atoms with van der Waals surface area (Å²) in [6.45, 7) is 8.06. The molecule has 1 aliphatic rings. The van der Waals surface area contributed by atoms with E-state index in [9.17, 15) is 4.79 Å². The van der Waals surface area contributed by atoms with Crippen molar-refractivity contribution < 1.29 is 4.79 Å². The van der Waals surface area contributed by atoms with Crippen molar-refractivity contribution >= 4 is 16.7 Å². The van der Waals surface area contributed by atoms with Crippen LogP contribution in [0.3, 0.4) is 0 Å². The van der Waals surface area contributed by atoms with E-state index in [0.717, 1.165) is 42.6 Å². The first-order valence-electron chi connectivity index (χ1n) is 7.82. The maximum Gasteiger partial charge on any atom is 0.178 e. The van der Waals surface area contributed by atoms with Crippen molar-refractivity contribution in [2.45, 2.75) is 13.3 Å². The van der Waals surface area contributed by atoms with Gasteiger partial charge in [-0.05, 0) is 19.0 Å². The fourth-order valence-electron chi connectivity index (χ4n) is 3.08. The summed E-state index contributed by atoms with van der Waals surface area (Å²) in [6, 6.07) is 7.99. The van der Waals surface area contributed by atoms with Crippen LogP contribution in [-0.4, -0.2) is 59.8 Å². The molecule has 0 spiro atoms. The van der Waals surface area contributed by atoms with Gasteiger partial charge in [0.2, 0.25) is 0 Å². The molecule has 4 heteroatoms. The Balaban J connectivity index is 1.62. The molecule has 1 saturated heterocycles. The van der Waals surface area contributed by atoms with Crippen molar-refractivity contribution in [3.63, 3.8) is 0 Å². The molecule has 0 radical (unpaired) electrons. The van der Waals surface area contributed by atoms with Gasteiger partial charge < -0.3 is 9.88 Å². The summed E-state index contributed by atoms with van der Waals surface area (Å²) in [5, 5.41) is 1.03. The van der Waals surface area contributed by atoms with Crippen LogP contribution < -0.4 is 0 Å². The minimum absolute atomic E-state index is 0.219. The topological polar surface area (TPSA) is 39.3 Å². The second-order valence-corrected chi connectivity index (χ2v) is 5.79. The van der Waals surface area contributed by atoms with Crippen LogP contribution in [0.1, 0.15) is 23.7 Å². The molecule has 21 heavy (non-hydrogen) atoms. The van der Waals surface area contributed by atoms with Crippen molar-refractivity contribution in [1.29, 1.82) is 0 Å². The molecule has 0 atom stereocenters. The van der Waals surface area contributed by atoms with Gasteiger partial charge in [-0.15, -0.1) is 0 Å². The van der Waals surface area contributed by atoms with Crippen LogP contribution in [0.4, 0.5) is 0 Å². The number of para-hydroxylation sites is 1. The van der Waals surface area contributed by atoms with Crippen LogP contribution in [0, 0.1) is 0 Å². The Morgan fingerprint density at radius 3 is 2.62 bits per heavy atom. The van der Waals surface area contributed by atoms with Crippen LogP contribution >= 0.6 is 0 Å². The Morgan fingerprint density at radius 2 is 1.86 bits per heavy atom. The fourth-order valence-corrected chi connectivity index (χ4v) is 3.08. The van der Waals surface area contributed by atoms with Crippen molar-refractivity contribution in [1.82, 2.24) is 14.8 Å². The molecule has 1 aromatic carbocycles. The maximum atomic E-state index is 12.5. The van der Waals surface area contributed by atoms with Gasteiger partial charge in [-0.1, -0.05) is 25.1 Å². The number of nitrogens with zero attached hydrogens (tertiary/aromatic N) is 2. The zero-order valence-electron chi connectivity index (χ0n) is 12.6. The average Bonchev–Trinajstić information content (AvgIpc) is 2.93. The summed E-state index contributed by atoms with van der Waals surface area (Å²) in [5.74, 6) is 0.219. The maximum absolute atomic E-state index is 12.5. The molecule has 112 valence electrons. The van der Waals surface area contributed by atoms with Crippen molar-refractivity contribution in [3.05, 3.63) is 36.0 Å². The van der Waals surface area contributed by atoms with Gasteiger partial charge in [0.25, 0.3) is 0 Å². The Labute approximate surface area is 125 Å². The van der Waals surface area contributed by atoms with Crippen LogP contribution in [0.15, 0.2) is 30.5 Å². The van der Waals surface area contributed by atoms with Gasteiger partial charge in [0.05, 0.1) is 6.54 Å². The van der Waals surface area contributed by atoms with E-state index in [0.29, 0.717) is 6.54 Å². The fraction of sp³-hybridized carbons (Fsp3) is 0.471. The smallest absolute Gasteiger partial charge is 0.178 e. The van der Waals surface area contributed by atoms with Crippen LogP contribution in [0.25, 0.3) is 10.9 Å². The monoisotopic (exact) mass is 285 g/mol. The summed E-state index contributed by atoms with van der Waals surface area (Å²) in [5.41, 5.74) is 1.86. The summed E-state index contributed by atoms with van der Waals surface area (Å²) >= 11 is 0. The van der Waals surface area contributed by atoms with Gasteiger partial charge in [-0.3, -0.25) is 9.69 Å². The van der Waals surface area contributed by atoms with Crippen molar-refractivity contribution in [2.24, 2.45) is 0 Å². The van der Waals surface area contributed by atoms with Gasteiger partial charge in [-0.2, -0.15) is 0 Å². The first kappa shape index (κ1) is 14.3. The zero-order chi connectivity index (χ0) is 14.7. The highest BCUT2D eigenvalue weighted by Gasteiger charge is 2.20. The molecule has 0 amide bonds. The largest absolute Gasteiger partial charge is 0.360 e. The molecular formula is C17H23N3O. The third-order valence-electron chi connectivity index (χ3n) is 4.26. The number of benzene rings is 1. The van der Waals surface area contributed by atoms with E-state index in [1.54, 1.807) is 0 Å². The molecule has 0 bridgehead atoms. The lowest BCUT2D eigenvalue weighted by Crippen LogP contribution is -2.47. The lowest BCUT2D eigenvalue weighted by Gasteiger charge is -2.34. The molecule has 1 fully saturated rings. The van der Waals surface area contributed by atoms with Gasteiger partial charge in [0.15, 0.2) is 5.78 Å². The number of carbonyl (C=O) groups excluding carboxylic acids is 1. The Bertz CT molecular complexity index is 611. The van der Waals surface area contributed by atoms with E-state index >= 15 is 0 Å². The summed E-state index contributed by atoms with van der Waals surface area (Å²) < 4.78 is 0. The van der Waals surface area contributed by atoms with Crippen LogP contribution in [0.2, 0.25) is 0 Å². The minimum atomic E-state index is 0.219. The highest BCUT2D eigenvalue weighted by Crippen LogP contribution is 2.18. The normalized spacial score (nSPS) is 17.4. The van der Waals surface area contributed by atoms with Crippen molar-refractivity contribution in [3.8, 4) is 0 Å². The second-order valence-electron chi connectivity index (χ2n) is 5.79. The van der Waals surface area contributed by atoms with Crippen LogP contribution in [0.5, 0.6) is 0 Å². The van der Waals surface area contributed by atoms with Gasteiger partial charge in [0, 0.05) is 48.8 Å². The lowest BCUT2D eigenvalue weighted by atomic mass is 10.1. The molecule has 0 saturated carbocycles. The molecule has 0 unspecified atom stereocenters. The predicted molar refractivity (Wildman–Crippen MR) is 85.8 cm³/mol. The summed E-state index contributed by atoms with van der Waals surface area (Å²) in [4.78, 5) is 20.5. The van der Waals surface area contributed by atoms with E-state index in [1.165, 1.54) is 13.0 Å². The Kier molecular flexibility index (Phi) is 4.36. The van der Waals surface area contributed by atoms with Gasteiger partial charge in [0.1, 0.15) is 0 Å². The zero-order valence-corrected chi connectivity index (χ0v) is 12.6. The van der Waals surface area contributed by atoms with E-state index in [-0.39, 0.29) is 5.78 Å². The average molecular weight is 285 g/mol. The Morgan fingerprint density at radius 1 is 1.14 bits per heavy atom. The summed E-state index contributed by atoms with van der Waals surface area (Å²) in [6.07, 6.45) is 3.05. The Hall–Kier alpha value is -1.65. The number of hydrogen-bond donors (Lipinski definition) is 1. The first-order chi connectivity index (χ1) is 10.3. The van der Waals surface area contributed by atoms with E-state index in [1.807, 2.05) is 30.5 Å². The summed E-state index contributed by atoms with van der Waals surface area (Å²) in [7, 11) is 0. The van der Waals surface area contributed by atoms with Gasteiger partial charge >= 0.3 is 0 Å². The van der Waals surface area contributed by atoms with Gasteiger partial charge in [-0.25, -0.2) is 0 Å². The second kappa shape index (κ2) is 6.41. The quantitative estimate of drug-likeness (QED) is 0.857. The first-order valence-corrected chi connectivity index (χ1v) is 7.82. The molecule has 2 aromatic rings. The number of carbonyl (C=O) groups is 1. The van der Waals surface area contributed by atoms with E-state index in [4.69, 9.17) is 0 Å². The number of rotatable bonds is 5. The molecule has 2 heterocycles. The number of aromatic amines is 1. The molecule has 1 N–H and O–H groups in total. The van der Waals surface area contributed by atoms with Crippen LogP contribution in [-0.2, 0) is 0 Å². The number of Topliss-reactive ketones (excluding diaryl/α,β-unsaturated/α-hetero) is 1. The number of piperazine rings is 1. The number of fused-ring (bicyclic) bond motifs is 1. The number of hydrogen-bond acceptors (Lipinski definition) is 3. The standard InChI is InChI=1S/C17H23N3O/c1-2-7-19-8-10-20(11-9-19)13-17(21)15-12-18-16-6-4-3-5-14(15)16/h3-6,12,18H,2,7-11,13H2,1H3. The predicted octanol–water partition coefficient (Wildman–Crippen LogP) is 2.38.